The number of benzene rings is 1. The Kier molecular flexibility index (Phi) is 5.03. The second kappa shape index (κ2) is 7.13. The predicted molar refractivity (Wildman–Crippen MR) is 105 cm³/mol. The lowest BCUT2D eigenvalue weighted by Crippen LogP contribution is -2.30. The number of anilines is 1. The van der Waals surface area contributed by atoms with E-state index < -0.39 is 15.9 Å². The lowest BCUT2D eigenvalue weighted by Gasteiger charge is -2.13. The molecule has 142 valence electrons. The number of fused-ring (bicyclic) bond motifs is 1. The normalized spacial score (nSPS) is 11.9. The third kappa shape index (κ3) is 4.01. The molecule has 3 aromatic rings. The first-order valence-electron chi connectivity index (χ1n) is 8.56. The van der Waals surface area contributed by atoms with E-state index in [4.69, 9.17) is 0 Å². The van der Waals surface area contributed by atoms with E-state index in [1.54, 1.807) is 43.5 Å². The molecule has 0 fully saturated rings. The average molecular weight is 386 g/mol. The highest BCUT2D eigenvalue weighted by atomic mass is 32.2. The molecule has 0 aliphatic rings. The van der Waals surface area contributed by atoms with E-state index in [0.717, 1.165) is 5.56 Å². The van der Waals surface area contributed by atoms with Gasteiger partial charge < -0.3 is 9.72 Å². The number of aromatic nitrogens is 2. The van der Waals surface area contributed by atoms with Gasteiger partial charge in [-0.05, 0) is 57.0 Å². The lowest BCUT2D eigenvalue weighted by molar-refractivity contribution is 0.102. The number of aryl methyl sites for hydroxylation is 2. The maximum atomic E-state index is 12.6. The van der Waals surface area contributed by atoms with Crippen molar-refractivity contribution in [2.24, 2.45) is 0 Å². The topological polar surface area (TPSA) is 92.6 Å². The second-order valence-corrected chi connectivity index (χ2v) is 8.44. The highest BCUT2D eigenvalue weighted by Crippen LogP contribution is 2.21. The van der Waals surface area contributed by atoms with Crippen LogP contribution in [0.25, 0.3) is 5.65 Å². The first kappa shape index (κ1) is 19.1. The molecule has 2 aromatic heterocycles. The van der Waals surface area contributed by atoms with Gasteiger partial charge in [0.1, 0.15) is 11.3 Å². The Morgan fingerprint density at radius 2 is 1.89 bits per heavy atom. The first-order chi connectivity index (χ1) is 12.7. The molecule has 0 saturated heterocycles. The Morgan fingerprint density at radius 1 is 1.15 bits per heavy atom. The molecule has 0 unspecified atom stereocenters. The number of amides is 1. The van der Waals surface area contributed by atoms with Crippen molar-refractivity contribution in [2.75, 3.05) is 5.32 Å². The summed E-state index contributed by atoms with van der Waals surface area (Å²) in [5, 5.41) is 2.72. The predicted octanol–water partition coefficient (Wildman–Crippen LogP) is 2.89. The number of hydrogen-bond acceptors (Lipinski definition) is 4. The monoisotopic (exact) mass is 386 g/mol. The molecule has 0 radical (unpaired) electrons. The van der Waals surface area contributed by atoms with Crippen molar-refractivity contribution in [1.82, 2.24) is 14.1 Å². The van der Waals surface area contributed by atoms with Gasteiger partial charge in [0.2, 0.25) is 10.0 Å². The van der Waals surface area contributed by atoms with Gasteiger partial charge in [-0.2, -0.15) is 0 Å². The van der Waals surface area contributed by atoms with Gasteiger partial charge in [-0.1, -0.05) is 12.1 Å². The van der Waals surface area contributed by atoms with Crippen LogP contribution in [0.1, 0.15) is 35.5 Å². The molecule has 0 spiro atoms. The van der Waals surface area contributed by atoms with Crippen LogP contribution < -0.4 is 10.0 Å². The molecule has 27 heavy (non-hydrogen) atoms. The van der Waals surface area contributed by atoms with E-state index in [1.807, 2.05) is 25.3 Å². The number of rotatable bonds is 5. The van der Waals surface area contributed by atoms with Crippen LogP contribution in [0.3, 0.4) is 0 Å². The Bertz CT molecular complexity index is 1120. The summed E-state index contributed by atoms with van der Waals surface area (Å²) in [6, 6.07) is 8.36. The minimum Gasteiger partial charge on any atom is -0.321 e. The molecule has 8 heteroatoms. The fraction of sp³-hybridized carbons (Fsp3) is 0.263. The number of pyridine rings is 1. The minimum absolute atomic E-state index is 0.139. The van der Waals surface area contributed by atoms with E-state index in [9.17, 15) is 13.2 Å². The fourth-order valence-corrected chi connectivity index (χ4v) is 4.32. The molecular weight excluding hydrogens is 364 g/mol. The number of carbonyl (C=O) groups excluding carboxylic acids is 1. The number of nitrogens with one attached hydrogen (secondary N) is 2. The van der Waals surface area contributed by atoms with Crippen LogP contribution >= 0.6 is 0 Å². The van der Waals surface area contributed by atoms with Crippen molar-refractivity contribution in [3.8, 4) is 0 Å². The molecule has 0 aliphatic carbocycles. The first-order valence-corrected chi connectivity index (χ1v) is 10.0. The van der Waals surface area contributed by atoms with Crippen molar-refractivity contribution in [1.29, 1.82) is 0 Å². The molecule has 7 nitrogen and oxygen atoms in total. The Balaban J connectivity index is 1.90. The Morgan fingerprint density at radius 3 is 2.56 bits per heavy atom. The van der Waals surface area contributed by atoms with Gasteiger partial charge in [0.25, 0.3) is 5.91 Å². The zero-order valence-electron chi connectivity index (χ0n) is 15.6. The van der Waals surface area contributed by atoms with Crippen LogP contribution in [-0.4, -0.2) is 29.8 Å². The molecular formula is C19H22N4O3S. The van der Waals surface area contributed by atoms with E-state index in [2.05, 4.69) is 15.0 Å². The number of hydrogen-bond donors (Lipinski definition) is 2. The van der Waals surface area contributed by atoms with Crippen molar-refractivity contribution in [2.45, 2.75) is 38.6 Å². The van der Waals surface area contributed by atoms with Gasteiger partial charge in [0.15, 0.2) is 0 Å². The molecule has 2 N–H and O–H groups in total. The summed E-state index contributed by atoms with van der Waals surface area (Å²) >= 11 is 0. The molecule has 0 aliphatic heterocycles. The quantitative estimate of drug-likeness (QED) is 0.705. The van der Waals surface area contributed by atoms with Gasteiger partial charge in [0, 0.05) is 24.1 Å². The smallest absolute Gasteiger partial charge is 0.275 e. The SMILES string of the molecule is Cc1ccc(NC(=O)c2cn3cccc(C)c3n2)cc1S(=O)(=O)NC(C)C. The second-order valence-electron chi connectivity index (χ2n) is 6.76. The number of carbonyl (C=O) groups is 1. The van der Waals surface area contributed by atoms with Gasteiger partial charge in [-0.15, -0.1) is 0 Å². The van der Waals surface area contributed by atoms with Gasteiger partial charge in [-0.25, -0.2) is 18.1 Å². The summed E-state index contributed by atoms with van der Waals surface area (Å²) in [5.41, 5.74) is 2.92. The van der Waals surface area contributed by atoms with Crippen LogP contribution in [0.2, 0.25) is 0 Å². The minimum atomic E-state index is -3.66. The zero-order valence-corrected chi connectivity index (χ0v) is 16.5. The molecule has 1 aromatic carbocycles. The molecule has 0 atom stereocenters. The zero-order chi connectivity index (χ0) is 19.8. The van der Waals surface area contributed by atoms with Gasteiger partial charge in [-0.3, -0.25) is 4.79 Å². The Hall–Kier alpha value is -2.71. The van der Waals surface area contributed by atoms with E-state index in [0.29, 0.717) is 16.9 Å². The lowest BCUT2D eigenvalue weighted by atomic mass is 10.2. The standard InChI is InChI=1S/C19H22N4O3S/c1-12(2)22-27(25,26)17-10-15(8-7-13(17)3)20-19(24)16-11-23-9-5-6-14(4)18(23)21-16/h5-12,22H,1-4H3,(H,20,24). The molecule has 0 bridgehead atoms. The summed E-state index contributed by atoms with van der Waals surface area (Å²) in [5.74, 6) is -0.401. The Labute approximate surface area is 158 Å². The van der Waals surface area contributed by atoms with Crippen LogP contribution in [0, 0.1) is 13.8 Å². The third-order valence-electron chi connectivity index (χ3n) is 4.04. The highest BCUT2D eigenvalue weighted by Gasteiger charge is 2.19. The summed E-state index contributed by atoms with van der Waals surface area (Å²) in [6.07, 6.45) is 3.46. The van der Waals surface area contributed by atoms with E-state index in [-0.39, 0.29) is 16.6 Å². The van der Waals surface area contributed by atoms with Crippen LogP contribution in [0.4, 0.5) is 5.69 Å². The summed E-state index contributed by atoms with van der Waals surface area (Å²) < 4.78 is 29.3. The van der Waals surface area contributed by atoms with Crippen molar-refractivity contribution < 1.29 is 13.2 Å². The van der Waals surface area contributed by atoms with Crippen LogP contribution in [-0.2, 0) is 10.0 Å². The third-order valence-corrected chi connectivity index (χ3v) is 5.84. The van der Waals surface area contributed by atoms with Crippen LogP contribution in [0.15, 0.2) is 47.6 Å². The maximum absolute atomic E-state index is 12.6. The summed E-state index contributed by atoms with van der Waals surface area (Å²) in [4.78, 5) is 17.1. The number of sulfonamides is 1. The fourth-order valence-electron chi connectivity index (χ4n) is 2.80. The van der Waals surface area contributed by atoms with E-state index in [1.165, 1.54) is 6.07 Å². The van der Waals surface area contributed by atoms with Crippen molar-refractivity contribution in [3.63, 3.8) is 0 Å². The molecule has 0 saturated carbocycles. The largest absolute Gasteiger partial charge is 0.321 e. The summed E-state index contributed by atoms with van der Waals surface area (Å²) in [6.45, 7) is 7.14. The van der Waals surface area contributed by atoms with Crippen molar-refractivity contribution in [3.05, 3.63) is 59.5 Å². The highest BCUT2D eigenvalue weighted by molar-refractivity contribution is 7.89. The van der Waals surface area contributed by atoms with E-state index >= 15 is 0 Å². The molecule has 3 rings (SSSR count). The number of nitrogens with zero attached hydrogens (tertiary/aromatic N) is 2. The van der Waals surface area contributed by atoms with Gasteiger partial charge >= 0.3 is 0 Å². The van der Waals surface area contributed by atoms with Crippen molar-refractivity contribution >= 4 is 27.3 Å². The van der Waals surface area contributed by atoms with Gasteiger partial charge in [0.05, 0.1) is 4.90 Å². The van der Waals surface area contributed by atoms with Crippen LogP contribution in [0.5, 0.6) is 0 Å². The summed E-state index contributed by atoms with van der Waals surface area (Å²) in [7, 11) is -3.66. The average Bonchev–Trinajstić information content (AvgIpc) is 3.01. The molecule has 1 amide bonds. The maximum Gasteiger partial charge on any atom is 0.275 e. The molecule has 2 heterocycles. The number of imidazole rings is 1.